The molecule has 2 nitrogen and oxygen atoms in total. The molecule has 0 saturated carbocycles. The van der Waals surface area contributed by atoms with Crippen LogP contribution >= 0.6 is 0 Å². The van der Waals surface area contributed by atoms with Gasteiger partial charge in [0.25, 0.3) is 0 Å². The maximum atomic E-state index is 13.0. The van der Waals surface area contributed by atoms with Gasteiger partial charge in [-0.2, -0.15) is 0 Å². The topological polar surface area (TPSA) is 35.2 Å². The number of benzene rings is 2. The van der Waals surface area contributed by atoms with E-state index in [0.29, 0.717) is 11.5 Å². The van der Waals surface area contributed by atoms with Crippen molar-refractivity contribution < 1.29 is 9.13 Å². The van der Waals surface area contributed by atoms with Crippen LogP contribution in [-0.2, 0) is 0 Å². The van der Waals surface area contributed by atoms with Crippen LogP contribution < -0.4 is 10.5 Å². The van der Waals surface area contributed by atoms with E-state index >= 15 is 0 Å². The number of hydrogen-bond acceptors (Lipinski definition) is 2. The highest BCUT2D eigenvalue weighted by atomic mass is 19.1. The Kier molecular flexibility index (Phi) is 3.95. The second-order valence-electron chi connectivity index (χ2n) is 4.14. The number of rotatable bonds is 4. The lowest BCUT2D eigenvalue weighted by molar-refractivity contribution is 0.476. The molecule has 0 heterocycles. The van der Waals surface area contributed by atoms with Gasteiger partial charge in [-0.1, -0.05) is 25.1 Å². The van der Waals surface area contributed by atoms with Crippen LogP contribution in [0.4, 0.5) is 4.39 Å². The largest absolute Gasteiger partial charge is 0.457 e. The van der Waals surface area contributed by atoms with Crippen molar-refractivity contribution in [1.82, 2.24) is 0 Å². The van der Waals surface area contributed by atoms with Gasteiger partial charge in [-0.15, -0.1) is 0 Å². The summed E-state index contributed by atoms with van der Waals surface area (Å²) in [5, 5.41) is 0. The average molecular weight is 245 g/mol. The monoisotopic (exact) mass is 245 g/mol. The smallest absolute Gasteiger partial charge is 0.130 e. The Labute approximate surface area is 106 Å². The van der Waals surface area contributed by atoms with Crippen molar-refractivity contribution in [3.63, 3.8) is 0 Å². The molecular formula is C15H16FNO. The van der Waals surface area contributed by atoms with Gasteiger partial charge in [-0.25, -0.2) is 4.39 Å². The van der Waals surface area contributed by atoms with Crippen LogP contribution in [0.15, 0.2) is 48.5 Å². The van der Waals surface area contributed by atoms with E-state index in [9.17, 15) is 4.39 Å². The highest BCUT2D eigenvalue weighted by Crippen LogP contribution is 2.24. The van der Waals surface area contributed by atoms with E-state index in [4.69, 9.17) is 10.5 Å². The van der Waals surface area contributed by atoms with Crippen molar-refractivity contribution in [2.75, 3.05) is 0 Å². The predicted molar refractivity (Wildman–Crippen MR) is 70.1 cm³/mol. The lowest BCUT2D eigenvalue weighted by Crippen LogP contribution is -2.07. The highest BCUT2D eigenvalue weighted by Gasteiger charge is 2.04. The molecule has 0 aliphatic heterocycles. The first-order chi connectivity index (χ1) is 8.69. The first kappa shape index (κ1) is 12.6. The first-order valence-electron chi connectivity index (χ1n) is 5.98. The number of ether oxygens (including phenoxy) is 1. The van der Waals surface area contributed by atoms with Gasteiger partial charge in [0, 0.05) is 12.1 Å². The second-order valence-corrected chi connectivity index (χ2v) is 4.14. The van der Waals surface area contributed by atoms with Crippen LogP contribution in [0.25, 0.3) is 0 Å². The zero-order valence-corrected chi connectivity index (χ0v) is 10.3. The minimum absolute atomic E-state index is 0.0493. The van der Waals surface area contributed by atoms with Crippen molar-refractivity contribution in [3.8, 4) is 11.5 Å². The molecule has 18 heavy (non-hydrogen) atoms. The number of nitrogens with two attached hydrogens (primary N) is 1. The molecule has 2 rings (SSSR count). The molecule has 2 N–H and O–H groups in total. The van der Waals surface area contributed by atoms with Gasteiger partial charge in [0.05, 0.1) is 0 Å². The van der Waals surface area contributed by atoms with Gasteiger partial charge in [-0.3, -0.25) is 0 Å². The summed E-state index contributed by atoms with van der Waals surface area (Å²) in [5.41, 5.74) is 7.00. The SMILES string of the molecule is CC[C@@H](N)c1ccc(Oc2cccc(F)c2)cc1. The van der Waals surface area contributed by atoms with Gasteiger partial charge in [0.15, 0.2) is 0 Å². The van der Waals surface area contributed by atoms with Crippen molar-refractivity contribution in [3.05, 3.63) is 59.9 Å². The van der Waals surface area contributed by atoms with Gasteiger partial charge in [0.1, 0.15) is 17.3 Å². The standard InChI is InChI=1S/C15H16FNO/c1-2-15(17)11-6-8-13(9-7-11)18-14-5-3-4-12(16)10-14/h3-10,15H,2,17H2,1H3/t15-/m1/s1. The molecule has 0 saturated heterocycles. The summed E-state index contributed by atoms with van der Waals surface area (Å²) >= 11 is 0. The fraction of sp³-hybridized carbons (Fsp3) is 0.200. The molecule has 0 amide bonds. The fourth-order valence-corrected chi connectivity index (χ4v) is 1.69. The van der Waals surface area contributed by atoms with Gasteiger partial charge in [-0.05, 0) is 36.2 Å². The maximum Gasteiger partial charge on any atom is 0.130 e. The molecule has 0 aliphatic carbocycles. The Morgan fingerprint density at radius 2 is 1.83 bits per heavy atom. The third kappa shape index (κ3) is 3.08. The molecule has 0 radical (unpaired) electrons. The van der Waals surface area contributed by atoms with Gasteiger partial charge in [0.2, 0.25) is 0 Å². The summed E-state index contributed by atoms with van der Waals surface area (Å²) in [7, 11) is 0. The summed E-state index contributed by atoms with van der Waals surface area (Å²) in [6.07, 6.45) is 0.893. The summed E-state index contributed by atoms with van der Waals surface area (Å²) in [5.74, 6) is 0.854. The van der Waals surface area contributed by atoms with Crippen molar-refractivity contribution in [1.29, 1.82) is 0 Å². The minimum atomic E-state index is -0.308. The molecular weight excluding hydrogens is 229 g/mol. The first-order valence-corrected chi connectivity index (χ1v) is 5.98. The van der Waals surface area contributed by atoms with E-state index in [1.54, 1.807) is 12.1 Å². The van der Waals surface area contributed by atoms with Gasteiger partial charge < -0.3 is 10.5 Å². The normalized spacial score (nSPS) is 12.2. The highest BCUT2D eigenvalue weighted by molar-refractivity contribution is 5.34. The zero-order chi connectivity index (χ0) is 13.0. The predicted octanol–water partition coefficient (Wildman–Crippen LogP) is 4.03. The summed E-state index contributed by atoms with van der Waals surface area (Å²) < 4.78 is 18.5. The zero-order valence-electron chi connectivity index (χ0n) is 10.3. The quantitative estimate of drug-likeness (QED) is 0.882. The Hall–Kier alpha value is -1.87. The number of halogens is 1. The van der Waals surface area contributed by atoms with Gasteiger partial charge >= 0.3 is 0 Å². The Morgan fingerprint density at radius 1 is 1.11 bits per heavy atom. The molecule has 94 valence electrons. The lowest BCUT2D eigenvalue weighted by atomic mass is 10.1. The van der Waals surface area contributed by atoms with Crippen LogP contribution in [-0.4, -0.2) is 0 Å². The summed E-state index contributed by atoms with van der Waals surface area (Å²) in [6.45, 7) is 2.04. The molecule has 2 aromatic rings. The van der Waals surface area contributed by atoms with Crippen LogP contribution in [0.3, 0.4) is 0 Å². The van der Waals surface area contributed by atoms with E-state index in [-0.39, 0.29) is 11.9 Å². The molecule has 0 aliphatic rings. The van der Waals surface area contributed by atoms with Crippen molar-refractivity contribution in [2.45, 2.75) is 19.4 Å². The lowest BCUT2D eigenvalue weighted by Gasteiger charge is -2.10. The van der Waals surface area contributed by atoms with Crippen LogP contribution in [0.2, 0.25) is 0 Å². The molecule has 3 heteroatoms. The second kappa shape index (κ2) is 5.65. The van der Waals surface area contributed by atoms with Crippen molar-refractivity contribution in [2.24, 2.45) is 5.73 Å². The minimum Gasteiger partial charge on any atom is -0.457 e. The molecule has 2 aromatic carbocycles. The summed E-state index contributed by atoms with van der Waals surface area (Å²) in [6, 6.07) is 13.7. The molecule has 0 aromatic heterocycles. The van der Waals surface area contributed by atoms with Crippen LogP contribution in [0.5, 0.6) is 11.5 Å². The molecule has 0 spiro atoms. The molecule has 1 atom stereocenters. The third-order valence-electron chi connectivity index (χ3n) is 2.78. The molecule has 0 bridgehead atoms. The van der Waals surface area contributed by atoms with E-state index in [0.717, 1.165) is 12.0 Å². The third-order valence-corrected chi connectivity index (χ3v) is 2.78. The fourth-order valence-electron chi connectivity index (χ4n) is 1.69. The maximum absolute atomic E-state index is 13.0. The van der Waals surface area contributed by atoms with E-state index in [1.165, 1.54) is 12.1 Å². The molecule has 0 unspecified atom stereocenters. The van der Waals surface area contributed by atoms with Crippen LogP contribution in [0.1, 0.15) is 24.9 Å². The summed E-state index contributed by atoms with van der Waals surface area (Å²) in [4.78, 5) is 0. The van der Waals surface area contributed by atoms with E-state index < -0.39 is 0 Å². The van der Waals surface area contributed by atoms with E-state index in [1.807, 2.05) is 31.2 Å². The molecule has 0 fully saturated rings. The Morgan fingerprint density at radius 3 is 2.44 bits per heavy atom. The Bertz CT molecular complexity index is 510. The average Bonchev–Trinajstić information content (AvgIpc) is 2.39. The number of hydrogen-bond donors (Lipinski definition) is 1. The van der Waals surface area contributed by atoms with E-state index in [2.05, 4.69) is 0 Å². The van der Waals surface area contributed by atoms with Crippen LogP contribution in [0, 0.1) is 5.82 Å². The van der Waals surface area contributed by atoms with Crippen molar-refractivity contribution >= 4 is 0 Å². The Balaban J connectivity index is 2.11.